The molecule has 0 aromatic carbocycles. The summed E-state index contributed by atoms with van der Waals surface area (Å²) >= 11 is 0. The third kappa shape index (κ3) is 42.7. The van der Waals surface area contributed by atoms with Crippen molar-refractivity contribution in [3.63, 3.8) is 0 Å². The van der Waals surface area contributed by atoms with Crippen LogP contribution in [0, 0.1) is 0 Å². The molecule has 0 aromatic rings. The zero-order valence-electron chi connectivity index (χ0n) is 15.4. The van der Waals surface area contributed by atoms with Gasteiger partial charge in [0.15, 0.2) is 0 Å². The van der Waals surface area contributed by atoms with Crippen molar-refractivity contribution in [3.8, 4) is 0 Å². The normalized spacial score (nSPS) is 9.55. The van der Waals surface area contributed by atoms with Gasteiger partial charge in [-0.05, 0) is 20.3 Å². The van der Waals surface area contributed by atoms with E-state index in [0.717, 1.165) is 19.6 Å². The Labute approximate surface area is 138 Å². The highest BCUT2D eigenvalue weighted by Crippen LogP contribution is 2.09. The van der Waals surface area contributed by atoms with Crippen LogP contribution in [-0.4, -0.2) is 48.4 Å². The molecule has 0 aliphatic rings. The average Bonchev–Trinajstić information content (AvgIpc) is 2.55. The summed E-state index contributed by atoms with van der Waals surface area (Å²) in [6.07, 6.45) is 13.3. The van der Waals surface area contributed by atoms with Crippen LogP contribution in [0.5, 0.6) is 0 Å². The SMILES string of the molecule is CCCCCCCCCCCCO.CCOCC.OCCO. The zero-order chi connectivity index (χ0) is 17.3. The highest BCUT2D eigenvalue weighted by molar-refractivity contribution is 4.46. The molecule has 0 amide bonds. The molecule has 0 radical (unpaired) electrons. The van der Waals surface area contributed by atoms with Gasteiger partial charge in [0.05, 0.1) is 13.2 Å². The van der Waals surface area contributed by atoms with Gasteiger partial charge in [0.25, 0.3) is 0 Å². The Kier molecular flexibility index (Phi) is 39.7. The van der Waals surface area contributed by atoms with Crippen LogP contribution in [0.15, 0.2) is 0 Å². The third-order valence-electron chi connectivity index (χ3n) is 3.02. The molecular formula is C18H42O4. The minimum absolute atomic E-state index is 0.125. The van der Waals surface area contributed by atoms with E-state index in [1.54, 1.807) is 0 Å². The summed E-state index contributed by atoms with van der Waals surface area (Å²) < 4.78 is 4.83. The molecule has 0 aliphatic heterocycles. The van der Waals surface area contributed by atoms with Gasteiger partial charge in [-0.1, -0.05) is 64.7 Å². The Morgan fingerprint density at radius 3 is 1.09 bits per heavy atom. The summed E-state index contributed by atoms with van der Waals surface area (Å²) in [5, 5.41) is 23.8. The van der Waals surface area contributed by atoms with Gasteiger partial charge < -0.3 is 20.1 Å². The van der Waals surface area contributed by atoms with Crippen molar-refractivity contribution in [3.05, 3.63) is 0 Å². The lowest BCUT2D eigenvalue weighted by atomic mass is 10.1. The van der Waals surface area contributed by atoms with E-state index in [1.807, 2.05) is 13.8 Å². The minimum atomic E-state index is -0.125. The molecule has 0 fully saturated rings. The highest BCUT2D eigenvalue weighted by atomic mass is 16.5. The van der Waals surface area contributed by atoms with Gasteiger partial charge in [-0.15, -0.1) is 0 Å². The second-order valence-corrected chi connectivity index (χ2v) is 5.13. The van der Waals surface area contributed by atoms with Gasteiger partial charge in [0, 0.05) is 19.8 Å². The van der Waals surface area contributed by atoms with Crippen molar-refractivity contribution < 1.29 is 20.1 Å². The number of rotatable bonds is 13. The van der Waals surface area contributed by atoms with Gasteiger partial charge >= 0.3 is 0 Å². The monoisotopic (exact) mass is 322 g/mol. The zero-order valence-corrected chi connectivity index (χ0v) is 15.4. The molecule has 4 nitrogen and oxygen atoms in total. The van der Waals surface area contributed by atoms with Gasteiger partial charge in [0.2, 0.25) is 0 Å². The number of aliphatic hydroxyl groups is 3. The molecule has 138 valence electrons. The fourth-order valence-electron chi connectivity index (χ4n) is 1.80. The predicted octanol–water partition coefficient (Wildman–Crippen LogP) is 3.91. The minimum Gasteiger partial charge on any atom is -0.396 e. The lowest BCUT2D eigenvalue weighted by Crippen LogP contribution is -1.85. The molecule has 0 aliphatic carbocycles. The first-order valence-corrected chi connectivity index (χ1v) is 9.15. The van der Waals surface area contributed by atoms with Crippen molar-refractivity contribution in [1.82, 2.24) is 0 Å². The van der Waals surface area contributed by atoms with E-state index in [-0.39, 0.29) is 13.2 Å². The summed E-state index contributed by atoms with van der Waals surface area (Å²) in [7, 11) is 0. The quantitative estimate of drug-likeness (QED) is 0.450. The second kappa shape index (κ2) is 32.7. The van der Waals surface area contributed by atoms with Crippen LogP contribution in [0.1, 0.15) is 85.0 Å². The van der Waals surface area contributed by atoms with Gasteiger partial charge in [0.1, 0.15) is 0 Å². The van der Waals surface area contributed by atoms with Gasteiger partial charge in [-0.2, -0.15) is 0 Å². The second-order valence-electron chi connectivity index (χ2n) is 5.13. The molecule has 0 unspecified atom stereocenters. The molecule has 0 saturated heterocycles. The molecule has 0 atom stereocenters. The average molecular weight is 323 g/mol. The van der Waals surface area contributed by atoms with Crippen molar-refractivity contribution in [2.24, 2.45) is 0 Å². The van der Waals surface area contributed by atoms with E-state index in [9.17, 15) is 0 Å². The largest absolute Gasteiger partial charge is 0.396 e. The molecule has 22 heavy (non-hydrogen) atoms. The van der Waals surface area contributed by atoms with Crippen LogP contribution >= 0.6 is 0 Å². The molecule has 0 spiro atoms. The molecule has 0 bridgehead atoms. The molecule has 3 N–H and O–H groups in total. The van der Waals surface area contributed by atoms with Crippen molar-refractivity contribution in [1.29, 1.82) is 0 Å². The Bertz CT molecular complexity index is 129. The van der Waals surface area contributed by atoms with E-state index in [4.69, 9.17) is 20.1 Å². The number of unbranched alkanes of at least 4 members (excludes halogenated alkanes) is 9. The van der Waals surface area contributed by atoms with Crippen LogP contribution in [0.25, 0.3) is 0 Å². The summed E-state index contributed by atoms with van der Waals surface area (Å²) in [4.78, 5) is 0. The Morgan fingerprint density at radius 1 is 0.500 bits per heavy atom. The fourth-order valence-corrected chi connectivity index (χ4v) is 1.80. The molecule has 0 rings (SSSR count). The first-order chi connectivity index (χ1) is 10.7. The number of hydrogen-bond acceptors (Lipinski definition) is 4. The first kappa shape index (κ1) is 26.7. The third-order valence-corrected chi connectivity index (χ3v) is 3.02. The Balaban J connectivity index is -0.000000330. The van der Waals surface area contributed by atoms with Gasteiger partial charge in [-0.25, -0.2) is 0 Å². The van der Waals surface area contributed by atoms with Crippen molar-refractivity contribution >= 4 is 0 Å². The topological polar surface area (TPSA) is 69.9 Å². The number of aliphatic hydroxyl groups excluding tert-OH is 3. The summed E-state index contributed by atoms with van der Waals surface area (Å²) in [6.45, 7) is 8.05. The molecule has 0 aromatic heterocycles. The molecule has 0 saturated carbocycles. The van der Waals surface area contributed by atoms with Crippen LogP contribution < -0.4 is 0 Å². The summed E-state index contributed by atoms with van der Waals surface area (Å²) in [5.74, 6) is 0. The molecular weight excluding hydrogens is 280 g/mol. The van der Waals surface area contributed by atoms with E-state index in [2.05, 4.69) is 6.92 Å². The fraction of sp³-hybridized carbons (Fsp3) is 1.00. The number of hydrogen-bond donors (Lipinski definition) is 3. The maximum atomic E-state index is 8.57. The standard InChI is InChI=1S/C12H26O.C4H10O.C2H6O2/c1-2-3-4-5-6-7-8-9-10-11-12-13;1-3-5-4-2;3-1-2-4/h13H,2-12H2,1H3;3-4H2,1-2H3;3-4H,1-2H2. The summed E-state index contributed by atoms with van der Waals surface area (Å²) in [5.41, 5.74) is 0. The van der Waals surface area contributed by atoms with Gasteiger partial charge in [-0.3, -0.25) is 0 Å². The van der Waals surface area contributed by atoms with Crippen LogP contribution in [0.4, 0.5) is 0 Å². The predicted molar refractivity (Wildman–Crippen MR) is 95.3 cm³/mol. The highest BCUT2D eigenvalue weighted by Gasteiger charge is 1.91. The van der Waals surface area contributed by atoms with E-state index in [0.29, 0.717) is 6.61 Å². The Morgan fingerprint density at radius 2 is 0.864 bits per heavy atom. The lowest BCUT2D eigenvalue weighted by Gasteiger charge is -2.00. The van der Waals surface area contributed by atoms with Crippen molar-refractivity contribution in [2.75, 3.05) is 33.0 Å². The van der Waals surface area contributed by atoms with E-state index >= 15 is 0 Å². The van der Waals surface area contributed by atoms with Crippen LogP contribution in [0.3, 0.4) is 0 Å². The Hall–Kier alpha value is -0.160. The first-order valence-electron chi connectivity index (χ1n) is 9.15. The van der Waals surface area contributed by atoms with Crippen molar-refractivity contribution in [2.45, 2.75) is 85.0 Å². The van der Waals surface area contributed by atoms with E-state index in [1.165, 1.54) is 57.8 Å². The van der Waals surface area contributed by atoms with E-state index < -0.39 is 0 Å². The smallest absolute Gasteiger partial charge is 0.0662 e. The maximum absolute atomic E-state index is 8.57. The van der Waals surface area contributed by atoms with Crippen LogP contribution in [0.2, 0.25) is 0 Å². The lowest BCUT2D eigenvalue weighted by molar-refractivity contribution is 0.162. The molecule has 0 heterocycles. The number of ether oxygens (including phenoxy) is 1. The maximum Gasteiger partial charge on any atom is 0.0662 e. The summed E-state index contributed by atoms with van der Waals surface area (Å²) in [6, 6.07) is 0. The molecule has 4 heteroatoms. The van der Waals surface area contributed by atoms with Crippen LogP contribution in [-0.2, 0) is 4.74 Å².